The van der Waals surface area contributed by atoms with Crippen LogP contribution >= 0.6 is 0 Å². The number of carbonyl (C=O) groups is 3. The van der Waals surface area contributed by atoms with E-state index in [-0.39, 0.29) is 23.6 Å². The van der Waals surface area contributed by atoms with Gasteiger partial charge in [0.25, 0.3) is 0 Å². The van der Waals surface area contributed by atoms with E-state index in [1.807, 2.05) is 60.7 Å². The summed E-state index contributed by atoms with van der Waals surface area (Å²) in [5.74, 6) is 0.144. The zero-order valence-electron chi connectivity index (χ0n) is 21.8. The summed E-state index contributed by atoms with van der Waals surface area (Å²) in [4.78, 5) is 34.6. The zero-order valence-corrected chi connectivity index (χ0v) is 21.8. The van der Waals surface area contributed by atoms with Gasteiger partial charge >= 0.3 is 0 Å². The first-order valence-electron chi connectivity index (χ1n) is 13.5. The Balaban J connectivity index is 0.000000158. The second-order valence-corrected chi connectivity index (χ2v) is 10.0. The highest BCUT2D eigenvalue weighted by atomic mass is 16.2. The van der Waals surface area contributed by atoms with Gasteiger partial charge in [0.15, 0.2) is 5.78 Å². The predicted molar refractivity (Wildman–Crippen MR) is 154 cm³/mol. The normalized spacial score (nSPS) is 18.1. The molecule has 0 spiro atoms. The molecule has 2 atom stereocenters. The van der Waals surface area contributed by atoms with Gasteiger partial charge in [0.1, 0.15) is 0 Å². The summed E-state index contributed by atoms with van der Waals surface area (Å²) in [6.07, 6.45) is 3.60. The van der Waals surface area contributed by atoms with Gasteiger partial charge in [-0.25, -0.2) is 0 Å². The topological polar surface area (TPSA) is 75.3 Å². The Morgan fingerprint density at radius 1 is 0.590 bits per heavy atom. The molecule has 5 heteroatoms. The van der Waals surface area contributed by atoms with E-state index in [1.165, 1.54) is 16.7 Å². The van der Waals surface area contributed by atoms with Crippen molar-refractivity contribution in [2.45, 2.75) is 44.2 Å². The maximum absolute atomic E-state index is 12.2. The molecular formula is C34H32N2O3. The molecule has 2 fully saturated rings. The molecule has 4 aromatic rings. The van der Waals surface area contributed by atoms with Gasteiger partial charge in [0.2, 0.25) is 11.8 Å². The van der Waals surface area contributed by atoms with Crippen molar-refractivity contribution in [3.63, 3.8) is 0 Å². The molecule has 2 saturated heterocycles. The lowest BCUT2D eigenvalue weighted by Crippen LogP contribution is -2.33. The van der Waals surface area contributed by atoms with Crippen LogP contribution in [0.25, 0.3) is 22.3 Å². The van der Waals surface area contributed by atoms with E-state index in [1.54, 1.807) is 0 Å². The number of nitrogens with one attached hydrogen (secondary N) is 2. The Morgan fingerprint density at radius 3 is 1.56 bits per heavy atom. The van der Waals surface area contributed by atoms with Crippen molar-refractivity contribution < 1.29 is 14.4 Å². The SMILES string of the molecule is O=C1CCC(C(=O)c2ccc(-c3ccccc3)cc2)N1.O=C1CCC(Cc2ccc(-c3ccccc3)cc2)N1. The summed E-state index contributed by atoms with van der Waals surface area (Å²) in [5.41, 5.74) is 6.62. The number of carbonyl (C=O) groups excluding carboxylic acids is 3. The molecule has 196 valence electrons. The maximum atomic E-state index is 12.2. The number of ketones is 1. The number of hydrogen-bond acceptors (Lipinski definition) is 3. The van der Waals surface area contributed by atoms with Crippen LogP contribution < -0.4 is 10.6 Å². The van der Waals surface area contributed by atoms with Crippen LogP contribution in [0.15, 0.2) is 109 Å². The molecule has 2 amide bonds. The van der Waals surface area contributed by atoms with Gasteiger partial charge in [0.05, 0.1) is 6.04 Å². The molecule has 2 unspecified atom stereocenters. The molecule has 0 radical (unpaired) electrons. The molecule has 6 rings (SSSR count). The average molecular weight is 517 g/mol. The van der Waals surface area contributed by atoms with E-state index in [9.17, 15) is 14.4 Å². The lowest BCUT2D eigenvalue weighted by Gasteiger charge is -2.10. The van der Waals surface area contributed by atoms with Crippen molar-refractivity contribution in [2.24, 2.45) is 0 Å². The third kappa shape index (κ3) is 6.88. The summed E-state index contributed by atoms with van der Waals surface area (Å²) in [7, 11) is 0. The van der Waals surface area contributed by atoms with Gasteiger partial charge in [-0.15, -0.1) is 0 Å². The van der Waals surface area contributed by atoms with Gasteiger partial charge < -0.3 is 10.6 Å². The summed E-state index contributed by atoms with van der Waals surface area (Å²) in [6, 6.07) is 36.5. The Bertz CT molecular complexity index is 1420. The molecule has 4 aromatic carbocycles. The second-order valence-electron chi connectivity index (χ2n) is 10.0. The monoisotopic (exact) mass is 516 g/mol. The zero-order chi connectivity index (χ0) is 27.0. The van der Waals surface area contributed by atoms with Gasteiger partial charge in [-0.1, -0.05) is 109 Å². The van der Waals surface area contributed by atoms with Crippen molar-refractivity contribution in [1.82, 2.24) is 10.6 Å². The van der Waals surface area contributed by atoms with E-state index in [2.05, 4.69) is 59.2 Å². The third-order valence-corrected chi connectivity index (χ3v) is 7.22. The summed E-state index contributed by atoms with van der Waals surface area (Å²) in [6.45, 7) is 0. The molecule has 2 aliphatic heterocycles. The molecule has 0 aromatic heterocycles. The Morgan fingerprint density at radius 2 is 1.08 bits per heavy atom. The predicted octanol–water partition coefficient (Wildman–Crippen LogP) is 5.99. The largest absolute Gasteiger partial charge is 0.353 e. The van der Waals surface area contributed by atoms with Crippen molar-refractivity contribution in [2.75, 3.05) is 0 Å². The van der Waals surface area contributed by atoms with E-state index in [0.29, 0.717) is 30.9 Å². The first-order chi connectivity index (χ1) is 19.0. The molecule has 0 saturated carbocycles. The van der Waals surface area contributed by atoms with Gasteiger partial charge in [-0.3, -0.25) is 14.4 Å². The Labute approximate surface area is 229 Å². The van der Waals surface area contributed by atoms with Crippen LogP contribution in [0.2, 0.25) is 0 Å². The smallest absolute Gasteiger partial charge is 0.220 e. The van der Waals surface area contributed by atoms with E-state index < -0.39 is 0 Å². The number of benzene rings is 4. The van der Waals surface area contributed by atoms with Crippen molar-refractivity contribution in [3.05, 3.63) is 120 Å². The number of amides is 2. The maximum Gasteiger partial charge on any atom is 0.220 e. The quantitative estimate of drug-likeness (QED) is 0.309. The van der Waals surface area contributed by atoms with Crippen molar-refractivity contribution in [1.29, 1.82) is 0 Å². The van der Waals surface area contributed by atoms with Crippen LogP contribution in [0.5, 0.6) is 0 Å². The Hall–Kier alpha value is -4.51. The van der Waals surface area contributed by atoms with E-state index >= 15 is 0 Å². The van der Waals surface area contributed by atoms with E-state index in [4.69, 9.17) is 0 Å². The van der Waals surface area contributed by atoms with Gasteiger partial charge in [-0.05, 0) is 47.1 Å². The fourth-order valence-corrected chi connectivity index (χ4v) is 5.05. The highest BCUT2D eigenvalue weighted by Crippen LogP contribution is 2.22. The van der Waals surface area contributed by atoms with E-state index in [0.717, 1.165) is 24.0 Å². The second kappa shape index (κ2) is 12.4. The average Bonchev–Trinajstić information content (AvgIpc) is 3.62. The van der Waals surface area contributed by atoms with Gasteiger partial charge in [0, 0.05) is 24.4 Å². The molecular weight excluding hydrogens is 484 g/mol. The third-order valence-electron chi connectivity index (χ3n) is 7.22. The number of Topliss-reactive ketones (excluding diaryl/α,β-unsaturated/α-hetero) is 1. The minimum Gasteiger partial charge on any atom is -0.353 e. The first kappa shape index (κ1) is 26.1. The standard InChI is InChI=1S/C17H15NO2.C17H17NO/c19-16-11-10-15(18-16)17(20)14-8-6-13(7-9-14)12-4-2-1-3-5-12;19-17-11-10-16(18-17)12-13-6-8-15(9-7-13)14-4-2-1-3-5-14/h1-9,15H,10-11H2,(H,18,19);1-9,16H,10-12H2,(H,18,19). The van der Waals surface area contributed by atoms with Crippen molar-refractivity contribution >= 4 is 17.6 Å². The Kier molecular flexibility index (Phi) is 8.27. The van der Waals surface area contributed by atoms with Crippen LogP contribution in [-0.4, -0.2) is 29.7 Å². The molecule has 2 N–H and O–H groups in total. The minimum absolute atomic E-state index is 0.00420. The number of rotatable bonds is 6. The number of hydrogen-bond donors (Lipinski definition) is 2. The highest BCUT2D eigenvalue weighted by Gasteiger charge is 2.27. The highest BCUT2D eigenvalue weighted by molar-refractivity contribution is 6.03. The summed E-state index contributed by atoms with van der Waals surface area (Å²) < 4.78 is 0. The first-order valence-corrected chi connectivity index (χ1v) is 13.5. The molecule has 5 nitrogen and oxygen atoms in total. The summed E-state index contributed by atoms with van der Waals surface area (Å²) >= 11 is 0. The van der Waals surface area contributed by atoms with Gasteiger partial charge in [-0.2, -0.15) is 0 Å². The van der Waals surface area contributed by atoms with Crippen LogP contribution in [0.1, 0.15) is 41.6 Å². The molecule has 0 aliphatic carbocycles. The molecule has 2 heterocycles. The molecule has 39 heavy (non-hydrogen) atoms. The fourth-order valence-electron chi connectivity index (χ4n) is 5.05. The minimum atomic E-state index is -0.356. The van der Waals surface area contributed by atoms with Crippen LogP contribution in [0.3, 0.4) is 0 Å². The van der Waals surface area contributed by atoms with Crippen LogP contribution in [0.4, 0.5) is 0 Å². The van der Waals surface area contributed by atoms with Crippen LogP contribution in [0, 0.1) is 0 Å². The molecule has 2 aliphatic rings. The van der Waals surface area contributed by atoms with Crippen molar-refractivity contribution in [3.8, 4) is 22.3 Å². The lowest BCUT2D eigenvalue weighted by molar-refractivity contribution is -0.120. The molecule has 0 bridgehead atoms. The van der Waals surface area contributed by atoms with Crippen LogP contribution in [-0.2, 0) is 16.0 Å². The summed E-state index contributed by atoms with van der Waals surface area (Å²) in [5, 5.41) is 5.72. The lowest BCUT2D eigenvalue weighted by atomic mass is 9.99. The fraction of sp³-hybridized carbons (Fsp3) is 0.206.